The highest BCUT2D eigenvalue weighted by molar-refractivity contribution is 7.90. The monoisotopic (exact) mass is 318 g/mol. The van der Waals surface area contributed by atoms with E-state index in [0.29, 0.717) is 49.9 Å². The second-order valence-corrected chi connectivity index (χ2v) is 6.95. The van der Waals surface area contributed by atoms with Crippen LogP contribution in [0.15, 0.2) is 24.3 Å². The summed E-state index contributed by atoms with van der Waals surface area (Å²) in [6.07, 6.45) is 1.29. The Morgan fingerprint density at radius 1 is 1.40 bits per heavy atom. The fourth-order valence-electron chi connectivity index (χ4n) is 2.10. The topological polar surface area (TPSA) is 49.9 Å². The van der Waals surface area contributed by atoms with Crippen molar-refractivity contribution < 1.29 is 13.2 Å². The molecule has 1 aromatic carbocycles. The van der Waals surface area contributed by atoms with Crippen LogP contribution in [0.1, 0.15) is 12.8 Å². The maximum Gasteiger partial charge on any atom is 0.303 e. The fraction of sp³-hybridized carbons (Fsp3) is 0.538. The molecule has 5 nitrogen and oxygen atoms in total. The lowest BCUT2D eigenvalue weighted by molar-refractivity contribution is 0.322. The van der Waals surface area contributed by atoms with Gasteiger partial charge in [0.25, 0.3) is 0 Å². The number of halogens is 1. The second-order valence-electron chi connectivity index (χ2n) is 4.61. The first-order valence-corrected chi connectivity index (χ1v) is 8.52. The molecule has 1 heterocycles. The summed E-state index contributed by atoms with van der Waals surface area (Å²) in [5.74, 6) is 1.05. The van der Waals surface area contributed by atoms with Gasteiger partial charge in [-0.15, -0.1) is 11.6 Å². The van der Waals surface area contributed by atoms with Crippen molar-refractivity contribution in [1.82, 2.24) is 4.31 Å². The first kappa shape index (κ1) is 15.4. The average Bonchev–Trinajstić information content (AvgIpc) is 2.67. The van der Waals surface area contributed by atoms with Crippen LogP contribution in [0.25, 0.3) is 0 Å². The smallest absolute Gasteiger partial charge is 0.303 e. The molecule has 0 aliphatic carbocycles. The SMILES string of the molecule is CN(CCCCl)S(=O)(=O)N1CCCOc2ccccc21. The molecular formula is C13H19ClN2O3S. The van der Waals surface area contributed by atoms with Gasteiger partial charge in [0, 0.05) is 32.4 Å². The first-order chi connectivity index (χ1) is 9.57. The molecule has 0 spiro atoms. The van der Waals surface area contributed by atoms with Crippen LogP contribution < -0.4 is 9.04 Å². The van der Waals surface area contributed by atoms with Gasteiger partial charge in [0.15, 0.2) is 0 Å². The van der Waals surface area contributed by atoms with Crippen LogP contribution in [0.3, 0.4) is 0 Å². The lowest BCUT2D eigenvalue weighted by atomic mass is 10.3. The van der Waals surface area contributed by atoms with Gasteiger partial charge in [-0.25, -0.2) is 0 Å². The number of hydrogen-bond acceptors (Lipinski definition) is 3. The number of hydrogen-bond donors (Lipinski definition) is 0. The molecule has 0 saturated carbocycles. The van der Waals surface area contributed by atoms with Crippen LogP contribution in [0.2, 0.25) is 0 Å². The largest absolute Gasteiger partial charge is 0.491 e. The molecule has 2 rings (SSSR count). The highest BCUT2D eigenvalue weighted by Crippen LogP contribution is 2.32. The zero-order valence-corrected chi connectivity index (χ0v) is 13.0. The predicted molar refractivity (Wildman–Crippen MR) is 80.8 cm³/mol. The van der Waals surface area contributed by atoms with Gasteiger partial charge in [-0.3, -0.25) is 4.31 Å². The van der Waals surface area contributed by atoms with Gasteiger partial charge < -0.3 is 4.74 Å². The maximum atomic E-state index is 12.7. The summed E-state index contributed by atoms with van der Waals surface area (Å²) in [6, 6.07) is 7.22. The Hall–Kier alpha value is -0.980. The van der Waals surface area contributed by atoms with E-state index in [2.05, 4.69) is 0 Å². The zero-order valence-electron chi connectivity index (χ0n) is 11.5. The molecule has 1 aliphatic rings. The standard InChI is InChI=1S/C13H19ClN2O3S/c1-15(9-4-8-14)20(17,18)16-10-5-11-19-13-7-3-2-6-12(13)16/h2-3,6-7H,4-5,8-11H2,1H3. The quantitative estimate of drug-likeness (QED) is 0.781. The van der Waals surface area contributed by atoms with Gasteiger partial charge in [0.05, 0.1) is 12.3 Å². The van der Waals surface area contributed by atoms with Gasteiger partial charge in [0.1, 0.15) is 5.75 Å². The van der Waals surface area contributed by atoms with Crippen LogP contribution in [0, 0.1) is 0 Å². The summed E-state index contributed by atoms with van der Waals surface area (Å²) in [5, 5.41) is 0. The predicted octanol–water partition coefficient (Wildman–Crippen LogP) is 2.08. The average molecular weight is 319 g/mol. The minimum absolute atomic E-state index is 0.408. The minimum Gasteiger partial charge on any atom is -0.491 e. The zero-order chi connectivity index (χ0) is 14.6. The second kappa shape index (κ2) is 6.65. The Kier molecular flexibility index (Phi) is 5.12. The molecule has 0 unspecified atom stereocenters. The van der Waals surface area contributed by atoms with E-state index in [1.165, 1.54) is 8.61 Å². The van der Waals surface area contributed by atoms with Crippen LogP contribution in [-0.2, 0) is 10.2 Å². The van der Waals surface area contributed by atoms with Gasteiger partial charge in [-0.05, 0) is 18.6 Å². The van der Waals surface area contributed by atoms with E-state index < -0.39 is 10.2 Å². The number of para-hydroxylation sites is 2. The number of anilines is 1. The highest BCUT2D eigenvalue weighted by atomic mass is 35.5. The number of nitrogens with zero attached hydrogens (tertiary/aromatic N) is 2. The normalized spacial score (nSPS) is 15.7. The summed E-state index contributed by atoms with van der Waals surface area (Å²) >= 11 is 5.63. The van der Waals surface area contributed by atoms with Crippen molar-refractivity contribution in [1.29, 1.82) is 0 Å². The third kappa shape index (κ3) is 3.19. The van der Waals surface area contributed by atoms with E-state index in [9.17, 15) is 8.42 Å². The molecule has 0 atom stereocenters. The Bertz CT molecular complexity index is 550. The van der Waals surface area contributed by atoms with E-state index in [0.717, 1.165) is 0 Å². The summed E-state index contributed by atoms with van der Waals surface area (Å²) < 4.78 is 33.7. The summed E-state index contributed by atoms with van der Waals surface area (Å²) in [5.41, 5.74) is 0.600. The molecule has 7 heteroatoms. The van der Waals surface area contributed by atoms with Crippen molar-refractivity contribution in [2.75, 3.05) is 36.9 Å². The number of rotatable bonds is 5. The molecule has 1 aliphatic heterocycles. The van der Waals surface area contributed by atoms with Crippen molar-refractivity contribution in [2.24, 2.45) is 0 Å². The van der Waals surface area contributed by atoms with Crippen molar-refractivity contribution >= 4 is 27.5 Å². The Morgan fingerprint density at radius 2 is 2.15 bits per heavy atom. The third-order valence-electron chi connectivity index (χ3n) is 3.18. The molecule has 0 aromatic heterocycles. The third-order valence-corrected chi connectivity index (χ3v) is 5.35. The number of benzene rings is 1. The minimum atomic E-state index is -3.54. The van der Waals surface area contributed by atoms with Crippen LogP contribution in [0.5, 0.6) is 5.75 Å². The van der Waals surface area contributed by atoms with Crippen molar-refractivity contribution in [3.8, 4) is 5.75 Å². The molecule has 0 amide bonds. The summed E-state index contributed by atoms with van der Waals surface area (Å²) in [7, 11) is -1.96. The molecule has 0 fully saturated rings. The van der Waals surface area contributed by atoms with Crippen LogP contribution in [-0.4, -0.2) is 45.3 Å². The van der Waals surface area contributed by atoms with E-state index in [1.54, 1.807) is 19.2 Å². The Morgan fingerprint density at radius 3 is 2.90 bits per heavy atom. The number of fused-ring (bicyclic) bond motifs is 1. The van der Waals surface area contributed by atoms with E-state index in [4.69, 9.17) is 16.3 Å². The number of ether oxygens (including phenoxy) is 1. The molecule has 0 radical (unpaired) electrons. The first-order valence-electron chi connectivity index (χ1n) is 6.59. The van der Waals surface area contributed by atoms with E-state index in [1.807, 2.05) is 12.1 Å². The number of alkyl halides is 1. The van der Waals surface area contributed by atoms with Crippen molar-refractivity contribution in [3.05, 3.63) is 24.3 Å². The van der Waals surface area contributed by atoms with Gasteiger partial charge in [-0.2, -0.15) is 12.7 Å². The van der Waals surface area contributed by atoms with Gasteiger partial charge >= 0.3 is 10.2 Å². The molecule has 0 saturated heterocycles. The van der Waals surface area contributed by atoms with Crippen molar-refractivity contribution in [2.45, 2.75) is 12.8 Å². The molecule has 20 heavy (non-hydrogen) atoms. The maximum absolute atomic E-state index is 12.7. The Labute approximate surface area is 125 Å². The lowest BCUT2D eigenvalue weighted by Crippen LogP contribution is -2.42. The highest BCUT2D eigenvalue weighted by Gasteiger charge is 2.30. The van der Waals surface area contributed by atoms with Gasteiger partial charge in [-0.1, -0.05) is 12.1 Å². The van der Waals surface area contributed by atoms with Crippen molar-refractivity contribution in [3.63, 3.8) is 0 Å². The summed E-state index contributed by atoms with van der Waals surface area (Å²) in [6.45, 7) is 1.35. The lowest BCUT2D eigenvalue weighted by Gasteiger charge is -2.28. The summed E-state index contributed by atoms with van der Waals surface area (Å²) in [4.78, 5) is 0. The van der Waals surface area contributed by atoms with Crippen LogP contribution >= 0.6 is 11.6 Å². The van der Waals surface area contributed by atoms with Gasteiger partial charge in [0.2, 0.25) is 0 Å². The van der Waals surface area contributed by atoms with E-state index >= 15 is 0 Å². The molecule has 112 valence electrons. The fourth-order valence-corrected chi connectivity index (χ4v) is 3.68. The molecule has 0 bridgehead atoms. The van der Waals surface area contributed by atoms with Crippen LogP contribution in [0.4, 0.5) is 5.69 Å². The molecule has 0 N–H and O–H groups in total. The molecule has 1 aromatic rings. The Balaban J connectivity index is 2.31. The van der Waals surface area contributed by atoms with E-state index in [-0.39, 0.29) is 0 Å². The molecular weight excluding hydrogens is 300 g/mol.